The van der Waals surface area contributed by atoms with Gasteiger partial charge in [-0.2, -0.15) is 5.10 Å². The summed E-state index contributed by atoms with van der Waals surface area (Å²) in [6.45, 7) is 5.06. The Kier molecular flexibility index (Phi) is 5.29. The second-order valence-corrected chi connectivity index (χ2v) is 7.47. The highest BCUT2D eigenvalue weighted by Gasteiger charge is 2.28. The first-order chi connectivity index (χ1) is 14.0. The Bertz CT molecular complexity index is 995. The van der Waals surface area contributed by atoms with Gasteiger partial charge >= 0.3 is 6.01 Å². The minimum absolute atomic E-state index is 0.0307. The summed E-state index contributed by atoms with van der Waals surface area (Å²) in [4.78, 5) is 23.7. The number of ether oxygens (including phenoxy) is 1. The van der Waals surface area contributed by atoms with E-state index in [0.717, 1.165) is 35.5 Å². The van der Waals surface area contributed by atoms with Crippen LogP contribution in [0, 0.1) is 13.8 Å². The molecule has 7 heteroatoms. The van der Waals surface area contributed by atoms with Gasteiger partial charge in [0.25, 0.3) is 5.91 Å². The van der Waals surface area contributed by atoms with Crippen LogP contribution in [0.2, 0.25) is 0 Å². The van der Waals surface area contributed by atoms with Crippen molar-refractivity contribution in [3.8, 4) is 17.3 Å². The van der Waals surface area contributed by atoms with Gasteiger partial charge in [0.15, 0.2) is 0 Å². The number of aryl methyl sites for hydroxylation is 3. The predicted molar refractivity (Wildman–Crippen MR) is 110 cm³/mol. The Labute approximate surface area is 170 Å². The fraction of sp³-hybridized carbons (Fsp3) is 0.364. The van der Waals surface area contributed by atoms with E-state index in [1.807, 2.05) is 61.2 Å². The Morgan fingerprint density at radius 1 is 1.10 bits per heavy atom. The molecule has 150 valence electrons. The van der Waals surface area contributed by atoms with E-state index in [1.165, 1.54) is 0 Å². The van der Waals surface area contributed by atoms with Crippen LogP contribution in [0.1, 0.15) is 34.7 Å². The van der Waals surface area contributed by atoms with Gasteiger partial charge in [0.2, 0.25) is 0 Å². The van der Waals surface area contributed by atoms with Gasteiger partial charge in [-0.1, -0.05) is 30.3 Å². The number of rotatable bonds is 4. The summed E-state index contributed by atoms with van der Waals surface area (Å²) in [5.74, 6) is -0.0307. The van der Waals surface area contributed by atoms with Crippen molar-refractivity contribution in [3.63, 3.8) is 0 Å². The molecule has 2 aromatic heterocycles. The number of hydrogen-bond donors (Lipinski definition) is 0. The van der Waals surface area contributed by atoms with Gasteiger partial charge in [0.1, 0.15) is 11.8 Å². The number of hydrogen-bond acceptors (Lipinski definition) is 5. The quantitative estimate of drug-likeness (QED) is 0.683. The van der Waals surface area contributed by atoms with Crippen LogP contribution in [0.25, 0.3) is 11.3 Å². The molecule has 1 aromatic carbocycles. The minimum atomic E-state index is -0.115. The molecule has 0 bridgehead atoms. The summed E-state index contributed by atoms with van der Waals surface area (Å²) in [5.41, 5.74) is 4.12. The summed E-state index contributed by atoms with van der Waals surface area (Å²) in [5, 5.41) is 4.52. The van der Waals surface area contributed by atoms with Crippen LogP contribution < -0.4 is 4.74 Å². The fourth-order valence-corrected chi connectivity index (χ4v) is 3.69. The zero-order valence-corrected chi connectivity index (χ0v) is 17.0. The van der Waals surface area contributed by atoms with E-state index in [9.17, 15) is 4.79 Å². The van der Waals surface area contributed by atoms with Crippen molar-refractivity contribution >= 4 is 5.91 Å². The molecular weight excluding hydrogens is 366 g/mol. The molecule has 3 aromatic rings. The van der Waals surface area contributed by atoms with Crippen LogP contribution in [0.3, 0.4) is 0 Å². The molecule has 0 radical (unpaired) electrons. The number of carbonyl (C=O) groups is 1. The van der Waals surface area contributed by atoms with Crippen LogP contribution in [0.15, 0.2) is 42.5 Å². The standard InChI is InChI=1S/C22H25N5O2/c1-15-12-16(2)24-22(23-15)29-18-10-7-11-27(14-18)21(28)20-13-19(25-26(20)3)17-8-5-4-6-9-17/h4-6,8-9,12-13,18H,7,10-11,14H2,1-3H3. The third-order valence-electron chi connectivity index (χ3n) is 5.07. The molecule has 1 saturated heterocycles. The number of carbonyl (C=O) groups excluding carboxylic acids is 1. The molecule has 1 unspecified atom stereocenters. The predicted octanol–water partition coefficient (Wildman–Crippen LogP) is 3.18. The first kappa shape index (κ1) is 19.1. The smallest absolute Gasteiger partial charge is 0.317 e. The van der Waals surface area contributed by atoms with Gasteiger partial charge in [-0.25, -0.2) is 9.97 Å². The van der Waals surface area contributed by atoms with Crippen molar-refractivity contribution in [2.24, 2.45) is 7.05 Å². The van der Waals surface area contributed by atoms with Gasteiger partial charge < -0.3 is 9.64 Å². The maximum atomic E-state index is 13.1. The molecule has 1 aliphatic rings. The highest BCUT2D eigenvalue weighted by molar-refractivity contribution is 5.93. The van der Waals surface area contributed by atoms with Gasteiger partial charge in [-0.15, -0.1) is 0 Å². The molecule has 0 saturated carbocycles. The first-order valence-corrected chi connectivity index (χ1v) is 9.87. The summed E-state index contributed by atoms with van der Waals surface area (Å²) >= 11 is 0. The molecule has 0 spiro atoms. The van der Waals surface area contributed by atoms with Gasteiger partial charge in [0, 0.05) is 30.5 Å². The van der Waals surface area contributed by atoms with Gasteiger partial charge in [-0.3, -0.25) is 9.48 Å². The average Bonchev–Trinajstić information content (AvgIpc) is 3.09. The SMILES string of the molecule is Cc1cc(C)nc(OC2CCCN(C(=O)c3cc(-c4ccccc4)nn3C)C2)n1. The lowest BCUT2D eigenvalue weighted by Crippen LogP contribution is -2.45. The van der Waals surface area contributed by atoms with Crippen molar-refractivity contribution < 1.29 is 9.53 Å². The van der Waals surface area contributed by atoms with Crippen molar-refractivity contribution in [2.75, 3.05) is 13.1 Å². The summed E-state index contributed by atoms with van der Waals surface area (Å²) in [7, 11) is 1.81. The lowest BCUT2D eigenvalue weighted by molar-refractivity contribution is 0.0505. The monoisotopic (exact) mass is 391 g/mol. The molecule has 3 heterocycles. The van der Waals surface area contributed by atoms with Crippen molar-refractivity contribution in [1.82, 2.24) is 24.6 Å². The topological polar surface area (TPSA) is 73.1 Å². The van der Waals surface area contributed by atoms with Crippen LogP contribution in [-0.4, -0.2) is 49.7 Å². The zero-order valence-electron chi connectivity index (χ0n) is 17.0. The summed E-state index contributed by atoms with van der Waals surface area (Å²) in [6.07, 6.45) is 1.64. The van der Waals surface area contributed by atoms with Crippen LogP contribution in [-0.2, 0) is 7.05 Å². The van der Waals surface area contributed by atoms with E-state index in [0.29, 0.717) is 24.8 Å². The number of piperidine rings is 1. The second kappa shape index (κ2) is 8.03. The molecular formula is C22H25N5O2. The van der Waals surface area contributed by atoms with Crippen molar-refractivity contribution in [3.05, 3.63) is 59.5 Å². The third-order valence-corrected chi connectivity index (χ3v) is 5.07. The largest absolute Gasteiger partial charge is 0.458 e. The highest BCUT2D eigenvalue weighted by Crippen LogP contribution is 2.22. The Morgan fingerprint density at radius 3 is 2.55 bits per heavy atom. The Hall–Kier alpha value is -3.22. The maximum absolute atomic E-state index is 13.1. The maximum Gasteiger partial charge on any atom is 0.317 e. The molecule has 0 N–H and O–H groups in total. The van der Waals surface area contributed by atoms with E-state index < -0.39 is 0 Å². The van der Waals surface area contributed by atoms with E-state index >= 15 is 0 Å². The Morgan fingerprint density at radius 2 is 1.83 bits per heavy atom. The third kappa shape index (κ3) is 4.29. The van der Waals surface area contributed by atoms with E-state index in [4.69, 9.17) is 4.74 Å². The lowest BCUT2D eigenvalue weighted by atomic mass is 10.1. The molecule has 1 fully saturated rings. The molecule has 1 aliphatic heterocycles. The number of amides is 1. The van der Waals surface area contributed by atoms with Crippen LogP contribution in [0.5, 0.6) is 6.01 Å². The molecule has 7 nitrogen and oxygen atoms in total. The minimum Gasteiger partial charge on any atom is -0.458 e. The summed E-state index contributed by atoms with van der Waals surface area (Å²) in [6, 6.07) is 14.0. The van der Waals surface area contributed by atoms with Crippen LogP contribution in [0.4, 0.5) is 0 Å². The van der Waals surface area contributed by atoms with E-state index in [2.05, 4.69) is 15.1 Å². The lowest BCUT2D eigenvalue weighted by Gasteiger charge is -2.32. The average molecular weight is 391 g/mol. The van der Waals surface area contributed by atoms with E-state index in [1.54, 1.807) is 11.7 Å². The number of benzene rings is 1. The fourth-order valence-electron chi connectivity index (χ4n) is 3.69. The van der Waals surface area contributed by atoms with Gasteiger partial charge in [0.05, 0.1) is 12.2 Å². The molecule has 1 amide bonds. The number of aromatic nitrogens is 4. The molecule has 0 aliphatic carbocycles. The number of nitrogens with zero attached hydrogens (tertiary/aromatic N) is 5. The van der Waals surface area contributed by atoms with E-state index in [-0.39, 0.29) is 12.0 Å². The second-order valence-electron chi connectivity index (χ2n) is 7.47. The number of likely N-dealkylation sites (tertiary alicyclic amines) is 1. The normalized spacial score (nSPS) is 16.7. The van der Waals surface area contributed by atoms with Crippen molar-refractivity contribution in [1.29, 1.82) is 0 Å². The molecule has 1 atom stereocenters. The molecule has 29 heavy (non-hydrogen) atoms. The zero-order chi connectivity index (χ0) is 20.4. The van der Waals surface area contributed by atoms with Crippen LogP contribution >= 0.6 is 0 Å². The van der Waals surface area contributed by atoms with Gasteiger partial charge in [-0.05, 0) is 38.8 Å². The highest BCUT2D eigenvalue weighted by atomic mass is 16.5. The summed E-state index contributed by atoms with van der Waals surface area (Å²) < 4.78 is 7.65. The van der Waals surface area contributed by atoms with Crippen molar-refractivity contribution in [2.45, 2.75) is 32.8 Å². The molecule has 4 rings (SSSR count). The Balaban J connectivity index is 1.48. The first-order valence-electron chi connectivity index (χ1n) is 9.87.